The third-order valence-electron chi connectivity index (χ3n) is 12.3. The lowest BCUT2D eigenvalue weighted by Gasteiger charge is -2.33. The molecule has 0 aromatic rings. The first-order chi connectivity index (χ1) is 25.8. The highest BCUT2D eigenvalue weighted by Crippen LogP contribution is 2.24. The second kappa shape index (κ2) is 41.5. The van der Waals surface area contributed by atoms with Crippen LogP contribution in [0.5, 0.6) is 0 Å². The molecule has 1 aliphatic rings. The van der Waals surface area contributed by atoms with E-state index in [0.29, 0.717) is 6.17 Å². The van der Waals surface area contributed by atoms with Gasteiger partial charge in [0.15, 0.2) is 0 Å². The van der Waals surface area contributed by atoms with Crippen molar-refractivity contribution in [3.63, 3.8) is 0 Å². The van der Waals surface area contributed by atoms with Crippen LogP contribution in [-0.4, -0.2) is 29.1 Å². The molecule has 0 saturated heterocycles. The Bertz CT molecular complexity index is 688. The molecule has 0 bridgehead atoms. The van der Waals surface area contributed by atoms with Crippen molar-refractivity contribution >= 4 is 0 Å². The Morgan fingerprint density at radius 3 is 0.673 bits per heavy atom. The molecule has 2 heteroatoms. The lowest BCUT2D eigenvalue weighted by atomic mass is 10.0. The van der Waals surface area contributed by atoms with E-state index in [2.05, 4.69) is 43.0 Å². The Balaban J connectivity index is 2.20. The van der Waals surface area contributed by atoms with E-state index < -0.39 is 0 Å². The molecule has 310 valence electrons. The van der Waals surface area contributed by atoms with Crippen molar-refractivity contribution in [1.29, 1.82) is 0 Å². The van der Waals surface area contributed by atoms with Crippen LogP contribution in [0.15, 0.2) is 12.4 Å². The monoisotopic (exact) mass is 729 g/mol. The summed E-state index contributed by atoms with van der Waals surface area (Å²) in [5.41, 5.74) is 0. The van der Waals surface area contributed by atoms with Gasteiger partial charge in [-0.3, -0.25) is 0 Å². The maximum absolute atomic E-state index is 2.74. The van der Waals surface area contributed by atoms with E-state index >= 15 is 0 Å². The lowest BCUT2D eigenvalue weighted by Crippen LogP contribution is -2.39. The summed E-state index contributed by atoms with van der Waals surface area (Å²) in [4.78, 5) is 5.48. The Kier molecular flexibility index (Phi) is 39.4. The summed E-state index contributed by atoms with van der Waals surface area (Å²) < 4.78 is 0. The van der Waals surface area contributed by atoms with Gasteiger partial charge in [-0.15, -0.1) is 0 Å². The molecule has 0 aromatic carbocycles. The molecule has 0 radical (unpaired) electrons. The van der Waals surface area contributed by atoms with E-state index in [1.165, 1.54) is 283 Å². The number of hydrogen-bond donors (Lipinski definition) is 0. The highest BCUT2D eigenvalue weighted by molar-refractivity contribution is 4.97. The third kappa shape index (κ3) is 32.7. The van der Waals surface area contributed by atoms with Gasteiger partial charge in [0.25, 0.3) is 0 Å². The molecule has 0 aromatic heterocycles. The van der Waals surface area contributed by atoms with Crippen LogP contribution >= 0.6 is 0 Å². The lowest BCUT2D eigenvalue weighted by molar-refractivity contribution is 0.135. The fraction of sp³-hybridized carbons (Fsp3) is 0.960. The fourth-order valence-corrected chi connectivity index (χ4v) is 8.66. The Labute approximate surface area is 330 Å². The van der Waals surface area contributed by atoms with Crippen LogP contribution < -0.4 is 0 Å². The fourth-order valence-electron chi connectivity index (χ4n) is 8.66. The molecular weight excluding hydrogens is 629 g/mol. The smallest absolute Gasteiger partial charge is 0.101 e. The van der Waals surface area contributed by atoms with Gasteiger partial charge < -0.3 is 9.80 Å². The highest BCUT2D eigenvalue weighted by Gasteiger charge is 2.24. The van der Waals surface area contributed by atoms with E-state index in [1.54, 1.807) is 0 Å². The minimum absolute atomic E-state index is 0.636. The summed E-state index contributed by atoms with van der Waals surface area (Å²) in [6, 6.07) is 0. The van der Waals surface area contributed by atoms with Crippen LogP contribution in [0.2, 0.25) is 0 Å². The number of nitrogens with zero attached hydrogens (tertiary/aromatic N) is 2. The van der Waals surface area contributed by atoms with E-state index in [1.807, 2.05) is 0 Å². The molecule has 0 amide bonds. The highest BCUT2D eigenvalue weighted by atomic mass is 15.4. The van der Waals surface area contributed by atoms with Crippen molar-refractivity contribution < 1.29 is 0 Å². The SMILES string of the molecule is CCCCCCCCCCCCCCCCCCC1N(CCCCCCCCCCCCCC)C=CN1CCCCCCCCCCCCCCC. The predicted octanol–water partition coefficient (Wildman–Crippen LogP) is 17.8. The van der Waals surface area contributed by atoms with Crippen molar-refractivity contribution in [3.05, 3.63) is 12.4 Å². The molecule has 2 nitrogen and oxygen atoms in total. The van der Waals surface area contributed by atoms with E-state index in [4.69, 9.17) is 0 Å². The van der Waals surface area contributed by atoms with Crippen LogP contribution in [0.3, 0.4) is 0 Å². The largest absolute Gasteiger partial charge is 0.356 e. The van der Waals surface area contributed by atoms with Gasteiger partial charge in [-0.1, -0.05) is 265 Å². The molecule has 0 spiro atoms. The molecule has 1 atom stereocenters. The Morgan fingerprint density at radius 1 is 0.250 bits per heavy atom. The molecule has 0 fully saturated rings. The van der Waals surface area contributed by atoms with Gasteiger partial charge in [-0.25, -0.2) is 0 Å². The zero-order valence-electron chi connectivity index (χ0n) is 36.7. The van der Waals surface area contributed by atoms with Gasteiger partial charge in [0.2, 0.25) is 0 Å². The van der Waals surface area contributed by atoms with Gasteiger partial charge in [-0.2, -0.15) is 0 Å². The average molecular weight is 729 g/mol. The summed E-state index contributed by atoms with van der Waals surface area (Å²) in [5, 5.41) is 0. The number of rotatable bonds is 44. The first-order valence-electron chi connectivity index (χ1n) is 25.0. The molecule has 52 heavy (non-hydrogen) atoms. The molecule has 1 heterocycles. The van der Waals surface area contributed by atoms with E-state index in [-0.39, 0.29) is 0 Å². The van der Waals surface area contributed by atoms with E-state index in [9.17, 15) is 0 Å². The topological polar surface area (TPSA) is 6.48 Å². The second-order valence-electron chi connectivity index (χ2n) is 17.5. The summed E-state index contributed by atoms with van der Waals surface area (Å²) in [6.07, 6.45) is 66.4. The standard InChI is InChI=1S/C50H100N2/c1-4-7-10-13-16-19-22-25-26-27-28-30-33-36-39-42-45-50-51(46-43-40-37-34-31-24-21-18-15-12-9-6-3)48-49-52(50)47-44-41-38-35-32-29-23-20-17-14-11-8-5-2/h48-50H,4-47H2,1-3H3. The van der Waals surface area contributed by atoms with Gasteiger partial charge in [0, 0.05) is 25.5 Å². The minimum Gasteiger partial charge on any atom is -0.356 e. The van der Waals surface area contributed by atoms with Gasteiger partial charge in [-0.05, 0) is 25.7 Å². The molecule has 1 aliphatic heterocycles. The Hall–Kier alpha value is -0.660. The minimum atomic E-state index is 0.636. The maximum atomic E-state index is 2.74. The molecule has 1 unspecified atom stereocenters. The first-order valence-corrected chi connectivity index (χ1v) is 25.0. The summed E-state index contributed by atoms with van der Waals surface area (Å²) in [6.45, 7) is 9.49. The zero-order valence-corrected chi connectivity index (χ0v) is 36.7. The summed E-state index contributed by atoms with van der Waals surface area (Å²) in [5.74, 6) is 0. The van der Waals surface area contributed by atoms with Crippen molar-refractivity contribution in [3.8, 4) is 0 Å². The maximum Gasteiger partial charge on any atom is 0.101 e. The summed E-state index contributed by atoms with van der Waals surface area (Å²) in [7, 11) is 0. The first kappa shape index (κ1) is 49.4. The van der Waals surface area contributed by atoms with Crippen molar-refractivity contribution in [1.82, 2.24) is 9.80 Å². The molecule has 0 aliphatic carbocycles. The van der Waals surface area contributed by atoms with Crippen LogP contribution in [0.25, 0.3) is 0 Å². The van der Waals surface area contributed by atoms with E-state index in [0.717, 1.165) is 0 Å². The molecule has 0 N–H and O–H groups in total. The van der Waals surface area contributed by atoms with Crippen molar-refractivity contribution in [2.75, 3.05) is 13.1 Å². The quantitative estimate of drug-likeness (QED) is 0.0576. The van der Waals surface area contributed by atoms with Crippen LogP contribution in [0.1, 0.15) is 290 Å². The predicted molar refractivity (Wildman–Crippen MR) is 237 cm³/mol. The normalized spacial score (nSPS) is 14.4. The van der Waals surface area contributed by atoms with Crippen LogP contribution in [-0.2, 0) is 0 Å². The molecular formula is C50H100N2. The second-order valence-corrected chi connectivity index (χ2v) is 17.5. The number of unbranched alkanes of at least 4 members (excludes halogenated alkanes) is 38. The van der Waals surface area contributed by atoms with Crippen LogP contribution in [0, 0.1) is 0 Å². The third-order valence-corrected chi connectivity index (χ3v) is 12.3. The van der Waals surface area contributed by atoms with Crippen molar-refractivity contribution in [2.24, 2.45) is 0 Å². The van der Waals surface area contributed by atoms with Gasteiger partial charge in [0.05, 0.1) is 0 Å². The van der Waals surface area contributed by atoms with Gasteiger partial charge >= 0.3 is 0 Å². The molecule has 1 rings (SSSR count). The Morgan fingerprint density at radius 2 is 0.442 bits per heavy atom. The number of hydrogen-bond acceptors (Lipinski definition) is 2. The average Bonchev–Trinajstić information content (AvgIpc) is 3.54. The van der Waals surface area contributed by atoms with Crippen LogP contribution in [0.4, 0.5) is 0 Å². The zero-order chi connectivity index (χ0) is 37.3. The van der Waals surface area contributed by atoms with Crippen molar-refractivity contribution in [2.45, 2.75) is 297 Å². The summed E-state index contributed by atoms with van der Waals surface area (Å²) >= 11 is 0. The molecule has 0 saturated carbocycles. The van der Waals surface area contributed by atoms with Gasteiger partial charge in [0.1, 0.15) is 6.17 Å².